The molecule has 0 bridgehead atoms. The van der Waals surface area contributed by atoms with Crippen LogP contribution in [0, 0.1) is 10.1 Å². The molecular weight excluding hydrogens is 352 g/mol. The van der Waals surface area contributed by atoms with Gasteiger partial charge in [0.05, 0.1) is 12.0 Å². The predicted molar refractivity (Wildman–Crippen MR) is 97.7 cm³/mol. The normalized spacial score (nSPS) is 11.4. The maximum atomic E-state index is 12.1. The fourth-order valence-electron chi connectivity index (χ4n) is 2.63. The van der Waals surface area contributed by atoms with Crippen LogP contribution in [0.2, 0.25) is 0 Å². The van der Waals surface area contributed by atoms with Crippen molar-refractivity contribution in [3.05, 3.63) is 69.8 Å². The van der Waals surface area contributed by atoms with Crippen molar-refractivity contribution in [2.75, 3.05) is 7.11 Å². The Morgan fingerprint density at radius 2 is 1.93 bits per heavy atom. The molecule has 1 amide bonds. The number of carbonyl (C=O) groups is 2. The summed E-state index contributed by atoms with van der Waals surface area (Å²) in [6.07, 6.45) is 0.496. The summed E-state index contributed by atoms with van der Waals surface area (Å²) >= 11 is 0. The summed E-state index contributed by atoms with van der Waals surface area (Å²) < 4.78 is 5.14. The number of nitrogens with zero attached hydrogens (tertiary/aromatic N) is 1. The number of methoxy groups -OCH3 is 1. The second-order valence-corrected chi connectivity index (χ2v) is 5.90. The van der Waals surface area contributed by atoms with E-state index in [1.807, 2.05) is 30.3 Å². The van der Waals surface area contributed by atoms with E-state index in [4.69, 9.17) is 4.74 Å². The molecule has 2 aromatic rings. The lowest BCUT2D eigenvalue weighted by Crippen LogP contribution is -2.42. The van der Waals surface area contributed by atoms with Crippen LogP contribution in [0.5, 0.6) is 5.75 Å². The Balaban J connectivity index is 2.07. The third-order valence-electron chi connectivity index (χ3n) is 4.02. The monoisotopic (exact) mass is 372 g/mol. The van der Waals surface area contributed by atoms with Gasteiger partial charge in [0.25, 0.3) is 5.69 Å². The number of hydrogen-bond acceptors (Lipinski definition) is 5. The molecule has 27 heavy (non-hydrogen) atoms. The molecule has 1 atom stereocenters. The first-order valence-corrected chi connectivity index (χ1v) is 8.28. The van der Waals surface area contributed by atoms with Crippen molar-refractivity contribution in [3.8, 4) is 5.75 Å². The largest absolute Gasteiger partial charge is 0.496 e. The van der Waals surface area contributed by atoms with Crippen molar-refractivity contribution in [1.82, 2.24) is 5.32 Å². The Hall–Kier alpha value is -3.42. The van der Waals surface area contributed by atoms with Crippen LogP contribution in [0.4, 0.5) is 5.69 Å². The molecule has 0 aromatic heterocycles. The summed E-state index contributed by atoms with van der Waals surface area (Å²) in [5.74, 6) is -1.31. The van der Waals surface area contributed by atoms with Crippen molar-refractivity contribution in [2.24, 2.45) is 0 Å². The first-order chi connectivity index (χ1) is 12.9. The zero-order valence-corrected chi connectivity index (χ0v) is 14.8. The van der Waals surface area contributed by atoms with Gasteiger partial charge < -0.3 is 15.2 Å². The highest BCUT2D eigenvalue weighted by Crippen LogP contribution is 2.25. The molecule has 2 rings (SSSR count). The number of hydrogen-bond donors (Lipinski definition) is 2. The SMILES string of the molecule is COc1ccc([N+](=O)[O-])cc1C[C@@H](NC(=O)CCc1ccccc1)C(=O)O. The Bertz CT molecular complexity index is 822. The van der Waals surface area contributed by atoms with Crippen molar-refractivity contribution < 1.29 is 24.4 Å². The molecule has 0 aliphatic rings. The van der Waals surface area contributed by atoms with Gasteiger partial charge in [0.1, 0.15) is 11.8 Å². The molecule has 8 nitrogen and oxygen atoms in total. The lowest BCUT2D eigenvalue weighted by atomic mass is 10.0. The number of ether oxygens (including phenoxy) is 1. The molecule has 2 N–H and O–H groups in total. The molecule has 142 valence electrons. The lowest BCUT2D eigenvalue weighted by Gasteiger charge is -2.16. The summed E-state index contributed by atoms with van der Waals surface area (Å²) in [5.41, 5.74) is 1.13. The van der Waals surface area contributed by atoms with Gasteiger partial charge in [0.2, 0.25) is 5.91 Å². The van der Waals surface area contributed by atoms with E-state index in [0.29, 0.717) is 17.7 Å². The van der Waals surface area contributed by atoms with Crippen molar-refractivity contribution in [2.45, 2.75) is 25.3 Å². The second-order valence-electron chi connectivity index (χ2n) is 5.90. The Morgan fingerprint density at radius 1 is 1.22 bits per heavy atom. The van der Waals surface area contributed by atoms with Gasteiger partial charge in [-0.05, 0) is 18.1 Å². The van der Waals surface area contributed by atoms with E-state index >= 15 is 0 Å². The molecule has 0 spiro atoms. The van der Waals surface area contributed by atoms with Crippen LogP contribution in [0.25, 0.3) is 0 Å². The number of nitro groups is 1. The van der Waals surface area contributed by atoms with Gasteiger partial charge in [-0.15, -0.1) is 0 Å². The Kier molecular flexibility index (Phi) is 6.87. The molecule has 0 unspecified atom stereocenters. The fraction of sp³-hybridized carbons (Fsp3) is 0.263. The van der Waals surface area contributed by atoms with Crippen LogP contribution in [0.1, 0.15) is 17.5 Å². The number of nitrogens with one attached hydrogen (secondary N) is 1. The van der Waals surface area contributed by atoms with Crippen molar-refractivity contribution in [1.29, 1.82) is 0 Å². The quantitative estimate of drug-likeness (QED) is 0.515. The van der Waals surface area contributed by atoms with E-state index < -0.39 is 22.8 Å². The number of carbonyl (C=O) groups excluding carboxylic acids is 1. The molecule has 8 heteroatoms. The molecule has 0 aliphatic carbocycles. The average molecular weight is 372 g/mol. The number of carboxylic acids is 1. The van der Waals surface area contributed by atoms with Crippen molar-refractivity contribution in [3.63, 3.8) is 0 Å². The number of carboxylic acid groups (broad SMARTS) is 1. The van der Waals surface area contributed by atoms with E-state index in [0.717, 1.165) is 5.56 Å². The third kappa shape index (κ3) is 5.81. The molecule has 0 saturated carbocycles. The fourth-order valence-corrected chi connectivity index (χ4v) is 2.63. The number of aryl methyl sites for hydroxylation is 1. The smallest absolute Gasteiger partial charge is 0.326 e. The minimum absolute atomic E-state index is 0.128. The third-order valence-corrected chi connectivity index (χ3v) is 4.02. The van der Waals surface area contributed by atoms with Crippen molar-refractivity contribution >= 4 is 17.6 Å². The first-order valence-electron chi connectivity index (χ1n) is 8.28. The number of nitro benzene ring substituents is 1. The molecule has 0 aliphatic heterocycles. The standard InChI is InChI=1S/C19H20N2O6/c1-27-17-9-8-15(21(25)26)11-14(17)12-16(19(23)24)20-18(22)10-7-13-5-3-2-4-6-13/h2-6,8-9,11,16H,7,10,12H2,1H3,(H,20,22)(H,23,24)/t16-/m1/s1. The highest BCUT2D eigenvalue weighted by atomic mass is 16.6. The molecule has 0 fully saturated rings. The van der Waals surface area contributed by atoms with Gasteiger partial charge in [0, 0.05) is 30.5 Å². The topological polar surface area (TPSA) is 119 Å². The molecule has 0 radical (unpaired) electrons. The summed E-state index contributed by atoms with van der Waals surface area (Å²) in [6.45, 7) is 0. The Labute approximate surface area is 155 Å². The number of aliphatic carboxylic acids is 1. The molecule has 0 saturated heterocycles. The molecule has 0 heterocycles. The molecular formula is C19H20N2O6. The number of benzene rings is 2. The van der Waals surface area contributed by atoms with Crippen LogP contribution in [0.15, 0.2) is 48.5 Å². The number of amides is 1. The second kappa shape index (κ2) is 9.33. The van der Waals surface area contributed by atoms with Crippen LogP contribution < -0.4 is 10.1 Å². The summed E-state index contributed by atoms with van der Waals surface area (Å²) in [5, 5.41) is 22.8. The van der Waals surface area contributed by atoms with E-state index in [9.17, 15) is 24.8 Å². The van der Waals surface area contributed by atoms with Gasteiger partial charge in [0.15, 0.2) is 0 Å². The average Bonchev–Trinajstić information content (AvgIpc) is 2.66. The van der Waals surface area contributed by atoms with Crippen LogP contribution >= 0.6 is 0 Å². The number of non-ortho nitro benzene ring substituents is 1. The van der Waals surface area contributed by atoms with Gasteiger partial charge >= 0.3 is 5.97 Å². The zero-order valence-electron chi connectivity index (χ0n) is 14.8. The van der Waals surface area contributed by atoms with Gasteiger partial charge in [-0.3, -0.25) is 14.9 Å². The Morgan fingerprint density at radius 3 is 2.52 bits per heavy atom. The van der Waals surface area contributed by atoms with E-state index in [1.165, 1.54) is 25.3 Å². The maximum absolute atomic E-state index is 12.1. The van der Waals surface area contributed by atoms with Gasteiger partial charge in [-0.2, -0.15) is 0 Å². The van der Waals surface area contributed by atoms with Gasteiger partial charge in [-0.25, -0.2) is 4.79 Å². The predicted octanol–water partition coefficient (Wildman–Crippen LogP) is 2.35. The van der Waals surface area contributed by atoms with Gasteiger partial charge in [-0.1, -0.05) is 30.3 Å². The lowest BCUT2D eigenvalue weighted by molar-refractivity contribution is -0.384. The van der Waals surface area contributed by atoms with E-state index in [2.05, 4.69) is 5.32 Å². The first kappa shape index (κ1) is 19.9. The number of rotatable bonds is 9. The summed E-state index contributed by atoms with van der Waals surface area (Å²) in [4.78, 5) is 34.1. The summed E-state index contributed by atoms with van der Waals surface area (Å²) in [7, 11) is 1.39. The highest BCUT2D eigenvalue weighted by Gasteiger charge is 2.23. The summed E-state index contributed by atoms with van der Waals surface area (Å²) in [6, 6.07) is 12.1. The molecule has 2 aromatic carbocycles. The van der Waals surface area contributed by atoms with E-state index in [1.54, 1.807) is 0 Å². The van der Waals surface area contributed by atoms with Crippen LogP contribution in [-0.4, -0.2) is 35.1 Å². The minimum atomic E-state index is -1.23. The van der Waals surface area contributed by atoms with Crippen LogP contribution in [-0.2, 0) is 22.4 Å². The van der Waals surface area contributed by atoms with E-state index in [-0.39, 0.29) is 18.5 Å². The van der Waals surface area contributed by atoms with Crippen LogP contribution in [0.3, 0.4) is 0 Å². The highest BCUT2D eigenvalue weighted by molar-refractivity contribution is 5.84. The zero-order chi connectivity index (χ0) is 19.8. The minimum Gasteiger partial charge on any atom is -0.496 e. The maximum Gasteiger partial charge on any atom is 0.326 e.